The maximum absolute atomic E-state index is 11.2. The Balaban J connectivity index is 2.75. The third-order valence-electron chi connectivity index (χ3n) is 2.82. The van der Waals surface area contributed by atoms with E-state index in [1.165, 1.54) is 7.11 Å². The first-order valence-corrected chi connectivity index (χ1v) is 4.61. The van der Waals surface area contributed by atoms with Crippen molar-refractivity contribution >= 4 is 5.97 Å². The lowest BCUT2D eigenvalue weighted by atomic mass is 9.76. The average Bonchev–Trinajstić information content (AvgIpc) is 2.19. The van der Waals surface area contributed by atoms with Crippen LogP contribution in [0.5, 0.6) is 0 Å². The Morgan fingerprint density at radius 1 is 1.21 bits per heavy atom. The molecule has 5 nitrogen and oxygen atoms in total. The SMILES string of the molecule is COC(=O)C1CC(C)C(O)C(O)C1O. The van der Waals surface area contributed by atoms with Gasteiger partial charge in [-0.2, -0.15) is 0 Å². The number of hydrogen-bond acceptors (Lipinski definition) is 5. The molecule has 1 rings (SSSR count). The van der Waals surface area contributed by atoms with Crippen LogP contribution in [0.3, 0.4) is 0 Å². The van der Waals surface area contributed by atoms with Crippen molar-refractivity contribution in [2.75, 3.05) is 7.11 Å². The molecule has 0 heterocycles. The van der Waals surface area contributed by atoms with Gasteiger partial charge in [0.2, 0.25) is 0 Å². The molecule has 3 N–H and O–H groups in total. The zero-order valence-electron chi connectivity index (χ0n) is 8.25. The second kappa shape index (κ2) is 4.25. The summed E-state index contributed by atoms with van der Waals surface area (Å²) in [6.07, 6.45) is -3.17. The molecule has 1 saturated carbocycles. The number of carbonyl (C=O) groups excluding carboxylic acids is 1. The maximum Gasteiger partial charge on any atom is 0.311 e. The number of rotatable bonds is 1. The highest BCUT2D eigenvalue weighted by Crippen LogP contribution is 2.30. The Morgan fingerprint density at radius 3 is 2.29 bits per heavy atom. The zero-order valence-corrected chi connectivity index (χ0v) is 8.25. The van der Waals surface area contributed by atoms with Gasteiger partial charge in [0, 0.05) is 0 Å². The van der Waals surface area contributed by atoms with Crippen LogP contribution in [0, 0.1) is 11.8 Å². The van der Waals surface area contributed by atoms with E-state index in [1.54, 1.807) is 6.92 Å². The number of esters is 1. The van der Waals surface area contributed by atoms with Gasteiger partial charge in [-0.05, 0) is 12.3 Å². The lowest BCUT2D eigenvalue weighted by molar-refractivity contribution is -0.169. The third kappa shape index (κ3) is 1.89. The second-order valence-corrected chi connectivity index (χ2v) is 3.81. The summed E-state index contributed by atoms with van der Waals surface area (Å²) in [5, 5.41) is 28.4. The molecule has 82 valence electrons. The number of hydrogen-bond donors (Lipinski definition) is 3. The van der Waals surface area contributed by atoms with Crippen LogP contribution in [0.1, 0.15) is 13.3 Å². The molecule has 0 bridgehead atoms. The molecule has 5 heteroatoms. The van der Waals surface area contributed by atoms with E-state index in [-0.39, 0.29) is 5.92 Å². The summed E-state index contributed by atoms with van der Waals surface area (Å²) in [7, 11) is 1.23. The molecule has 1 aliphatic rings. The van der Waals surface area contributed by atoms with E-state index >= 15 is 0 Å². The number of aliphatic hydroxyl groups excluding tert-OH is 3. The summed E-state index contributed by atoms with van der Waals surface area (Å²) < 4.78 is 4.50. The monoisotopic (exact) mass is 204 g/mol. The molecule has 5 atom stereocenters. The minimum Gasteiger partial charge on any atom is -0.469 e. The van der Waals surface area contributed by atoms with E-state index in [1.807, 2.05) is 0 Å². The fourth-order valence-electron chi connectivity index (χ4n) is 1.84. The van der Waals surface area contributed by atoms with Gasteiger partial charge in [-0.1, -0.05) is 6.92 Å². The molecule has 14 heavy (non-hydrogen) atoms. The highest BCUT2D eigenvalue weighted by molar-refractivity contribution is 5.73. The molecule has 0 radical (unpaired) electrons. The zero-order chi connectivity index (χ0) is 10.9. The van der Waals surface area contributed by atoms with Crippen molar-refractivity contribution in [1.82, 2.24) is 0 Å². The summed E-state index contributed by atoms with van der Waals surface area (Å²) >= 11 is 0. The maximum atomic E-state index is 11.2. The average molecular weight is 204 g/mol. The quantitative estimate of drug-likeness (QED) is 0.472. The Morgan fingerprint density at radius 2 is 1.79 bits per heavy atom. The molecule has 0 spiro atoms. The Bertz CT molecular complexity index is 217. The van der Waals surface area contributed by atoms with Gasteiger partial charge in [-0.15, -0.1) is 0 Å². The third-order valence-corrected chi connectivity index (χ3v) is 2.82. The summed E-state index contributed by atoms with van der Waals surface area (Å²) in [6, 6.07) is 0. The van der Waals surface area contributed by atoms with Crippen molar-refractivity contribution in [1.29, 1.82) is 0 Å². The van der Waals surface area contributed by atoms with Gasteiger partial charge in [0.05, 0.1) is 25.2 Å². The smallest absolute Gasteiger partial charge is 0.311 e. The Labute approximate surface area is 82.3 Å². The van der Waals surface area contributed by atoms with Crippen LogP contribution in [-0.4, -0.2) is 46.7 Å². The number of methoxy groups -OCH3 is 1. The van der Waals surface area contributed by atoms with E-state index in [9.17, 15) is 20.1 Å². The topological polar surface area (TPSA) is 87.0 Å². The Kier molecular flexibility index (Phi) is 3.47. The lowest BCUT2D eigenvalue weighted by Gasteiger charge is -2.37. The van der Waals surface area contributed by atoms with Crippen LogP contribution in [0.15, 0.2) is 0 Å². The van der Waals surface area contributed by atoms with Gasteiger partial charge in [0.1, 0.15) is 6.10 Å². The Hall–Kier alpha value is -0.650. The molecule has 0 aromatic carbocycles. The van der Waals surface area contributed by atoms with Crippen LogP contribution in [-0.2, 0) is 9.53 Å². The first-order valence-electron chi connectivity index (χ1n) is 4.61. The minimum atomic E-state index is -1.28. The molecule has 0 aliphatic heterocycles. The molecule has 1 fully saturated rings. The van der Waals surface area contributed by atoms with E-state index in [2.05, 4.69) is 4.74 Å². The highest BCUT2D eigenvalue weighted by Gasteiger charge is 2.44. The van der Waals surface area contributed by atoms with Crippen molar-refractivity contribution in [2.24, 2.45) is 11.8 Å². The van der Waals surface area contributed by atoms with Gasteiger partial charge in [0.25, 0.3) is 0 Å². The molecule has 0 aromatic heterocycles. The molecule has 1 aliphatic carbocycles. The van der Waals surface area contributed by atoms with Gasteiger partial charge in [-0.3, -0.25) is 4.79 Å². The van der Waals surface area contributed by atoms with Crippen LogP contribution in [0.4, 0.5) is 0 Å². The van der Waals surface area contributed by atoms with Gasteiger partial charge < -0.3 is 20.1 Å². The summed E-state index contributed by atoms with van der Waals surface area (Å²) in [4.78, 5) is 11.2. The predicted molar refractivity (Wildman–Crippen MR) is 47.3 cm³/mol. The molecular weight excluding hydrogens is 188 g/mol. The fourth-order valence-corrected chi connectivity index (χ4v) is 1.84. The molecule has 5 unspecified atom stereocenters. The molecule has 0 saturated heterocycles. The van der Waals surface area contributed by atoms with Crippen molar-refractivity contribution in [3.8, 4) is 0 Å². The normalized spacial score (nSPS) is 43.4. The standard InChI is InChI=1S/C9H16O5/c1-4-3-5(9(13)14-2)7(11)8(12)6(4)10/h4-8,10-12H,3H2,1-2H3. The van der Waals surface area contributed by atoms with Gasteiger partial charge in [0.15, 0.2) is 0 Å². The molecule has 0 aromatic rings. The van der Waals surface area contributed by atoms with E-state index in [0.717, 1.165) is 0 Å². The van der Waals surface area contributed by atoms with E-state index in [4.69, 9.17) is 0 Å². The number of carbonyl (C=O) groups is 1. The van der Waals surface area contributed by atoms with Crippen LogP contribution < -0.4 is 0 Å². The molecular formula is C9H16O5. The highest BCUT2D eigenvalue weighted by atomic mass is 16.5. The van der Waals surface area contributed by atoms with Gasteiger partial charge in [-0.25, -0.2) is 0 Å². The first-order chi connectivity index (χ1) is 6.49. The van der Waals surface area contributed by atoms with Crippen molar-refractivity contribution in [3.63, 3.8) is 0 Å². The van der Waals surface area contributed by atoms with Crippen LogP contribution in [0.25, 0.3) is 0 Å². The van der Waals surface area contributed by atoms with Gasteiger partial charge >= 0.3 is 5.97 Å². The van der Waals surface area contributed by atoms with Crippen LogP contribution >= 0.6 is 0 Å². The summed E-state index contributed by atoms with van der Waals surface area (Å²) in [5.41, 5.74) is 0. The largest absolute Gasteiger partial charge is 0.469 e. The van der Waals surface area contributed by atoms with Crippen LogP contribution in [0.2, 0.25) is 0 Å². The predicted octanol–water partition coefficient (Wildman–Crippen LogP) is -1.10. The van der Waals surface area contributed by atoms with Crippen molar-refractivity contribution < 1.29 is 24.9 Å². The van der Waals surface area contributed by atoms with E-state index < -0.39 is 30.2 Å². The number of aliphatic hydroxyl groups is 3. The van der Waals surface area contributed by atoms with E-state index in [0.29, 0.717) is 6.42 Å². The fraction of sp³-hybridized carbons (Fsp3) is 0.889. The molecule has 0 amide bonds. The number of ether oxygens (including phenoxy) is 1. The first kappa shape index (κ1) is 11.4. The second-order valence-electron chi connectivity index (χ2n) is 3.81. The summed E-state index contributed by atoms with van der Waals surface area (Å²) in [5.74, 6) is -1.51. The summed E-state index contributed by atoms with van der Waals surface area (Å²) in [6.45, 7) is 1.72. The lowest BCUT2D eigenvalue weighted by Crippen LogP contribution is -2.52. The minimum absolute atomic E-state index is 0.225. The van der Waals surface area contributed by atoms with Crippen molar-refractivity contribution in [2.45, 2.75) is 31.7 Å². The van der Waals surface area contributed by atoms with Crippen molar-refractivity contribution in [3.05, 3.63) is 0 Å².